The molecule has 1 aliphatic heterocycles. The first-order valence-electron chi connectivity index (χ1n) is 6.35. The highest BCUT2D eigenvalue weighted by Gasteiger charge is 2.35. The number of carbonyl (C=O) groups is 1. The van der Waals surface area contributed by atoms with E-state index in [0.717, 1.165) is 31.5 Å². The number of ketones is 1. The second-order valence-corrected chi connectivity index (χ2v) is 5.52. The van der Waals surface area contributed by atoms with E-state index >= 15 is 0 Å². The Bertz CT molecular complexity index is 410. The molecule has 1 aromatic carbocycles. The molecule has 1 N–H and O–H groups in total. The highest BCUT2D eigenvalue weighted by atomic mass is 16.1. The van der Waals surface area contributed by atoms with E-state index in [1.165, 1.54) is 11.1 Å². The van der Waals surface area contributed by atoms with Crippen LogP contribution in [0.15, 0.2) is 18.2 Å². The van der Waals surface area contributed by atoms with Gasteiger partial charge in [0.25, 0.3) is 0 Å². The lowest BCUT2D eigenvalue weighted by Crippen LogP contribution is -2.40. The van der Waals surface area contributed by atoms with Gasteiger partial charge in [-0.15, -0.1) is 0 Å². The molecule has 1 aliphatic rings. The maximum absolute atomic E-state index is 12.6. The van der Waals surface area contributed by atoms with Crippen LogP contribution in [-0.4, -0.2) is 18.9 Å². The second kappa shape index (κ2) is 4.61. The van der Waals surface area contributed by atoms with Crippen molar-refractivity contribution in [3.8, 4) is 0 Å². The van der Waals surface area contributed by atoms with Crippen molar-refractivity contribution in [1.82, 2.24) is 5.32 Å². The fraction of sp³-hybridized carbons (Fsp3) is 0.533. The second-order valence-electron chi connectivity index (χ2n) is 5.52. The summed E-state index contributed by atoms with van der Waals surface area (Å²) in [5, 5.41) is 3.32. The summed E-state index contributed by atoms with van der Waals surface area (Å²) < 4.78 is 0. The van der Waals surface area contributed by atoms with E-state index in [0.29, 0.717) is 5.78 Å². The van der Waals surface area contributed by atoms with Crippen LogP contribution in [0.2, 0.25) is 0 Å². The monoisotopic (exact) mass is 231 g/mol. The number of hydrogen-bond acceptors (Lipinski definition) is 2. The van der Waals surface area contributed by atoms with Crippen molar-refractivity contribution >= 4 is 5.78 Å². The Morgan fingerprint density at radius 2 is 1.65 bits per heavy atom. The molecular formula is C15H21NO. The normalized spacial score (nSPS) is 19.0. The first-order valence-corrected chi connectivity index (χ1v) is 6.35. The van der Waals surface area contributed by atoms with Crippen LogP contribution in [0.3, 0.4) is 0 Å². The van der Waals surface area contributed by atoms with Crippen LogP contribution >= 0.6 is 0 Å². The van der Waals surface area contributed by atoms with Gasteiger partial charge in [0.05, 0.1) is 0 Å². The van der Waals surface area contributed by atoms with Crippen molar-refractivity contribution in [2.24, 2.45) is 5.41 Å². The lowest BCUT2D eigenvalue weighted by Gasteiger charge is -2.32. The predicted octanol–water partition coefficient (Wildman–Crippen LogP) is 2.88. The maximum atomic E-state index is 12.6. The standard InChI is InChI=1S/C15H21NO/c1-11-8-12(2)10-13(9-11)14(17)15(3)4-6-16-7-5-15/h8-10,16H,4-7H2,1-3H3. The molecule has 0 atom stereocenters. The Balaban J connectivity index is 2.29. The SMILES string of the molecule is Cc1cc(C)cc(C(=O)C2(C)CCNCC2)c1. The van der Waals surface area contributed by atoms with Gasteiger partial charge in [-0.05, 0) is 51.9 Å². The molecule has 2 heteroatoms. The number of piperidine rings is 1. The molecule has 92 valence electrons. The van der Waals surface area contributed by atoms with E-state index < -0.39 is 0 Å². The summed E-state index contributed by atoms with van der Waals surface area (Å²) >= 11 is 0. The summed E-state index contributed by atoms with van der Waals surface area (Å²) in [5.41, 5.74) is 3.05. The van der Waals surface area contributed by atoms with E-state index in [1.54, 1.807) is 0 Å². The van der Waals surface area contributed by atoms with Crippen molar-refractivity contribution < 1.29 is 4.79 Å². The molecule has 0 spiro atoms. The van der Waals surface area contributed by atoms with Crippen molar-refractivity contribution in [1.29, 1.82) is 0 Å². The largest absolute Gasteiger partial charge is 0.317 e. The smallest absolute Gasteiger partial charge is 0.168 e. The highest BCUT2D eigenvalue weighted by Crippen LogP contribution is 2.32. The van der Waals surface area contributed by atoms with Gasteiger partial charge in [-0.1, -0.05) is 24.1 Å². The van der Waals surface area contributed by atoms with Crippen molar-refractivity contribution in [2.75, 3.05) is 13.1 Å². The Kier molecular flexibility index (Phi) is 3.34. The van der Waals surface area contributed by atoms with Gasteiger partial charge in [0.2, 0.25) is 0 Å². The summed E-state index contributed by atoms with van der Waals surface area (Å²) in [7, 11) is 0. The van der Waals surface area contributed by atoms with E-state index in [-0.39, 0.29) is 5.41 Å². The van der Waals surface area contributed by atoms with Gasteiger partial charge in [0.15, 0.2) is 5.78 Å². The fourth-order valence-electron chi connectivity index (χ4n) is 2.66. The molecule has 1 fully saturated rings. The fourth-order valence-corrected chi connectivity index (χ4v) is 2.66. The summed E-state index contributed by atoms with van der Waals surface area (Å²) in [4.78, 5) is 12.6. The van der Waals surface area contributed by atoms with Gasteiger partial charge in [-0.2, -0.15) is 0 Å². The molecule has 0 aliphatic carbocycles. The van der Waals surface area contributed by atoms with Crippen LogP contribution in [-0.2, 0) is 0 Å². The first-order chi connectivity index (χ1) is 8.01. The Labute approximate surface area is 103 Å². The maximum Gasteiger partial charge on any atom is 0.168 e. The van der Waals surface area contributed by atoms with Gasteiger partial charge >= 0.3 is 0 Å². The molecule has 0 amide bonds. The first kappa shape index (κ1) is 12.3. The van der Waals surface area contributed by atoms with Crippen LogP contribution in [0.4, 0.5) is 0 Å². The number of aryl methyl sites for hydroxylation is 2. The minimum atomic E-state index is -0.175. The molecular weight excluding hydrogens is 210 g/mol. The minimum absolute atomic E-state index is 0.175. The lowest BCUT2D eigenvalue weighted by molar-refractivity contribution is 0.0762. The summed E-state index contributed by atoms with van der Waals surface area (Å²) in [6.45, 7) is 8.11. The lowest BCUT2D eigenvalue weighted by atomic mass is 9.74. The molecule has 2 nitrogen and oxygen atoms in total. The summed E-state index contributed by atoms with van der Waals surface area (Å²) in [5.74, 6) is 0.311. The average Bonchev–Trinajstić information content (AvgIpc) is 2.27. The number of rotatable bonds is 2. The van der Waals surface area contributed by atoms with Crippen LogP contribution < -0.4 is 5.32 Å². The molecule has 0 saturated carbocycles. The van der Waals surface area contributed by atoms with E-state index in [2.05, 4.69) is 32.2 Å². The number of hydrogen-bond donors (Lipinski definition) is 1. The van der Waals surface area contributed by atoms with Crippen molar-refractivity contribution in [3.63, 3.8) is 0 Å². The summed E-state index contributed by atoms with van der Waals surface area (Å²) in [6, 6.07) is 6.15. The molecule has 0 unspecified atom stereocenters. The van der Waals surface area contributed by atoms with E-state index in [4.69, 9.17) is 0 Å². The van der Waals surface area contributed by atoms with Gasteiger partial charge in [-0.25, -0.2) is 0 Å². The summed E-state index contributed by atoms with van der Waals surface area (Å²) in [6.07, 6.45) is 1.89. The van der Waals surface area contributed by atoms with Crippen LogP contribution in [0.5, 0.6) is 0 Å². The topological polar surface area (TPSA) is 29.1 Å². The van der Waals surface area contributed by atoms with Gasteiger partial charge in [0.1, 0.15) is 0 Å². The number of nitrogens with one attached hydrogen (secondary N) is 1. The molecule has 0 aromatic heterocycles. The van der Waals surface area contributed by atoms with Crippen LogP contribution in [0.25, 0.3) is 0 Å². The Hall–Kier alpha value is -1.15. The molecule has 0 radical (unpaired) electrons. The van der Waals surface area contributed by atoms with Gasteiger partial charge < -0.3 is 5.32 Å². The average molecular weight is 231 g/mol. The quantitative estimate of drug-likeness (QED) is 0.793. The molecule has 1 aromatic rings. The Morgan fingerprint density at radius 3 is 2.18 bits per heavy atom. The third-order valence-corrected chi connectivity index (χ3v) is 3.74. The number of benzene rings is 1. The zero-order valence-corrected chi connectivity index (χ0v) is 11.0. The zero-order valence-electron chi connectivity index (χ0n) is 11.0. The van der Waals surface area contributed by atoms with Crippen LogP contribution in [0.1, 0.15) is 41.3 Å². The molecule has 2 rings (SSSR count). The van der Waals surface area contributed by atoms with Crippen LogP contribution in [0, 0.1) is 19.3 Å². The number of Topliss-reactive ketones (excluding diaryl/α,β-unsaturated/α-hetero) is 1. The number of carbonyl (C=O) groups excluding carboxylic acids is 1. The third-order valence-electron chi connectivity index (χ3n) is 3.74. The van der Waals surface area contributed by atoms with Crippen molar-refractivity contribution in [3.05, 3.63) is 34.9 Å². The van der Waals surface area contributed by atoms with Gasteiger partial charge in [-0.3, -0.25) is 4.79 Å². The molecule has 0 bridgehead atoms. The van der Waals surface area contributed by atoms with Crippen molar-refractivity contribution in [2.45, 2.75) is 33.6 Å². The highest BCUT2D eigenvalue weighted by molar-refractivity contribution is 6.00. The van der Waals surface area contributed by atoms with E-state index in [1.807, 2.05) is 12.1 Å². The predicted molar refractivity (Wildman–Crippen MR) is 70.5 cm³/mol. The minimum Gasteiger partial charge on any atom is -0.317 e. The van der Waals surface area contributed by atoms with Gasteiger partial charge in [0, 0.05) is 11.0 Å². The zero-order chi connectivity index (χ0) is 12.5. The molecule has 1 heterocycles. The molecule has 17 heavy (non-hydrogen) atoms. The Morgan fingerprint density at radius 1 is 1.12 bits per heavy atom. The molecule has 1 saturated heterocycles. The third kappa shape index (κ3) is 2.58. The van der Waals surface area contributed by atoms with E-state index in [9.17, 15) is 4.79 Å².